The number of hydrogen-bond donors (Lipinski definition) is 1. The lowest BCUT2D eigenvalue weighted by Gasteiger charge is -2.30. The first-order valence-corrected chi connectivity index (χ1v) is 9.10. The average molecular weight is 310 g/mol. The van der Waals surface area contributed by atoms with Gasteiger partial charge in [-0.1, -0.05) is 19.8 Å². The first-order chi connectivity index (χ1) is 10.4. The van der Waals surface area contributed by atoms with Gasteiger partial charge in [0.25, 0.3) is 0 Å². The molecule has 0 spiro atoms. The van der Waals surface area contributed by atoms with Gasteiger partial charge in [-0.15, -0.1) is 0 Å². The fourth-order valence-corrected chi connectivity index (χ4v) is 3.29. The maximum absolute atomic E-state index is 12.3. The minimum atomic E-state index is -0.403. The van der Waals surface area contributed by atoms with E-state index in [-0.39, 0.29) is 6.09 Å². The van der Waals surface area contributed by atoms with E-state index in [2.05, 4.69) is 12.2 Å². The molecule has 4 nitrogen and oxygen atoms in total. The van der Waals surface area contributed by atoms with Crippen LogP contribution in [0, 0.1) is 5.92 Å². The molecule has 4 heteroatoms. The van der Waals surface area contributed by atoms with E-state index in [9.17, 15) is 4.79 Å². The minimum Gasteiger partial charge on any atom is -0.444 e. The van der Waals surface area contributed by atoms with E-state index in [0.717, 1.165) is 38.3 Å². The first kappa shape index (κ1) is 17.6. The minimum absolute atomic E-state index is 0.138. The topological polar surface area (TPSA) is 41.6 Å². The Morgan fingerprint density at radius 1 is 1.18 bits per heavy atom. The van der Waals surface area contributed by atoms with E-state index in [1.54, 1.807) is 0 Å². The Balaban J connectivity index is 1.69. The zero-order valence-electron chi connectivity index (χ0n) is 14.9. The van der Waals surface area contributed by atoms with E-state index in [0.29, 0.717) is 12.1 Å². The van der Waals surface area contributed by atoms with Crippen LogP contribution in [0.5, 0.6) is 0 Å². The summed E-state index contributed by atoms with van der Waals surface area (Å²) in [6, 6.07) is 1.09. The summed E-state index contributed by atoms with van der Waals surface area (Å²) in [5.41, 5.74) is -0.403. The summed E-state index contributed by atoms with van der Waals surface area (Å²) >= 11 is 0. The number of amides is 1. The second kappa shape index (κ2) is 7.67. The molecule has 1 N–H and O–H groups in total. The second-order valence-electron chi connectivity index (χ2n) is 8.08. The zero-order valence-corrected chi connectivity index (χ0v) is 14.9. The summed E-state index contributed by atoms with van der Waals surface area (Å²) in [6.07, 6.45) is 8.53. The smallest absolute Gasteiger partial charge is 0.410 e. The van der Waals surface area contributed by atoms with Crippen molar-refractivity contribution in [1.82, 2.24) is 10.2 Å². The van der Waals surface area contributed by atoms with E-state index in [1.165, 1.54) is 25.7 Å². The lowest BCUT2D eigenvalue weighted by molar-refractivity contribution is 0.0231. The van der Waals surface area contributed by atoms with Crippen LogP contribution < -0.4 is 5.32 Å². The van der Waals surface area contributed by atoms with Gasteiger partial charge in [-0.05, 0) is 65.3 Å². The summed E-state index contributed by atoms with van der Waals surface area (Å²) in [4.78, 5) is 14.2. The molecule has 0 radical (unpaired) electrons. The van der Waals surface area contributed by atoms with Gasteiger partial charge in [0.2, 0.25) is 0 Å². The predicted molar refractivity (Wildman–Crippen MR) is 90.0 cm³/mol. The highest BCUT2D eigenvalue weighted by Crippen LogP contribution is 2.28. The Morgan fingerprint density at radius 2 is 1.86 bits per heavy atom. The molecule has 2 rings (SSSR count). The number of nitrogens with one attached hydrogen (secondary N) is 1. The standard InChI is InChI=1S/C18H34N2O2/c1-14-8-5-6-9-16(14)19-12-7-13-20(15-10-11-15)17(21)22-18(2,3)4/h14-16,19H,5-13H2,1-4H3. The van der Waals surface area contributed by atoms with Crippen LogP contribution in [0.1, 0.15) is 72.6 Å². The summed E-state index contributed by atoms with van der Waals surface area (Å²) in [7, 11) is 0. The number of hydrogen-bond acceptors (Lipinski definition) is 3. The van der Waals surface area contributed by atoms with Crippen LogP contribution in [0.4, 0.5) is 4.79 Å². The highest BCUT2D eigenvalue weighted by atomic mass is 16.6. The molecule has 0 aromatic rings. The van der Waals surface area contributed by atoms with Gasteiger partial charge in [-0.3, -0.25) is 0 Å². The van der Waals surface area contributed by atoms with Crippen molar-refractivity contribution in [1.29, 1.82) is 0 Å². The molecule has 1 amide bonds. The Morgan fingerprint density at radius 3 is 2.45 bits per heavy atom. The van der Waals surface area contributed by atoms with Gasteiger partial charge in [-0.2, -0.15) is 0 Å². The molecule has 0 saturated heterocycles. The van der Waals surface area contributed by atoms with Crippen molar-refractivity contribution < 1.29 is 9.53 Å². The van der Waals surface area contributed by atoms with Crippen LogP contribution in [0.15, 0.2) is 0 Å². The highest BCUT2D eigenvalue weighted by Gasteiger charge is 2.34. The molecule has 2 atom stereocenters. The molecular weight excluding hydrogens is 276 g/mol. The van der Waals surface area contributed by atoms with Gasteiger partial charge >= 0.3 is 6.09 Å². The molecule has 2 aliphatic carbocycles. The molecular formula is C18H34N2O2. The van der Waals surface area contributed by atoms with Crippen molar-refractivity contribution in [2.24, 2.45) is 5.92 Å². The molecule has 128 valence electrons. The fraction of sp³-hybridized carbons (Fsp3) is 0.944. The molecule has 0 aromatic heterocycles. The Hall–Kier alpha value is -0.770. The van der Waals surface area contributed by atoms with Gasteiger partial charge in [0, 0.05) is 18.6 Å². The van der Waals surface area contributed by atoms with Crippen LogP contribution >= 0.6 is 0 Å². The van der Waals surface area contributed by atoms with Crippen LogP contribution in [-0.2, 0) is 4.74 Å². The van der Waals surface area contributed by atoms with Gasteiger partial charge in [0.1, 0.15) is 5.60 Å². The monoisotopic (exact) mass is 310 g/mol. The summed E-state index contributed by atoms with van der Waals surface area (Å²) in [5.74, 6) is 0.791. The third-order valence-corrected chi connectivity index (χ3v) is 4.71. The number of nitrogens with zero attached hydrogens (tertiary/aromatic N) is 1. The van der Waals surface area contributed by atoms with Crippen molar-refractivity contribution in [3.8, 4) is 0 Å². The lowest BCUT2D eigenvalue weighted by atomic mass is 9.86. The van der Waals surface area contributed by atoms with E-state index in [1.807, 2.05) is 25.7 Å². The van der Waals surface area contributed by atoms with Crippen molar-refractivity contribution in [3.05, 3.63) is 0 Å². The van der Waals surface area contributed by atoms with Crippen LogP contribution in [0.2, 0.25) is 0 Å². The Bertz CT molecular complexity index is 361. The van der Waals surface area contributed by atoms with Crippen molar-refractivity contribution >= 4 is 6.09 Å². The summed E-state index contributed by atoms with van der Waals surface area (Å²) in [6.45, 7) is 9.97. The van der Waals surface area contributed by atoms with Gasteiger partial charge in [-0.25, -0.2) is 4.79 Å². The number of ether oxygens (including phenoxy) is 1. The van der Waals surface area contributed by atoms with Gasteiger partial charge < -0.3 is 15.0 Å². The third-order valence-electron chi connectivity index (χ3n) is 4.71. The molecule has 2 saturated carbocycles. The fourth-order valence-electron chi connectivity index (χ4n) is 3.29. The maximum Gasteiger partial charge on any atom is 0.410 e. The zero-order chi connectivity index (χ0) is 16.2. The third kappa shape index (κ3) is 5.79. The highest BCUT2D eigenvalue weighted by molar-refractivity contribution is 5.69. The molecule has 0 aliphatic heterocycles. The average Bonchev–Trinajstić information content (AvgIpc) is 3.23. The largest absolute Gasteiger partial charge is 0.444 e. The van der Waals surface area contributed by atoms with Crippen molar-refractivity contribution in [2.75, 3.05) is 13.1 Å². The van der Waals surface area contributed by atoms with E-state index in [4.69, 9.17) is 4.74 Å². The van der Waals surface area contributed by atoms with Crippen LogP contribution in [-0.4, -0.2) is 41.8 Å². The lowest BCUT2D eigenvalue weighted by Crippen LogP contribution is -2.41. The normalized spacial score (nSPS) is 25.8. The predicted octanol–water partition coefficient (Wildman–Crippen LogP) is 3.94. The summed E-state index contributed by atoms with van der Waals surface area (Å²) < 4.78 is 5.53. The van der Waals surface area contributed by atoms with Crippen LogP contribution in [0.3, 0.4) is 0 Å². The van der Waals surface area contributed by atoms with Crippen molar-refractivity contribution in [3.63, 3.8) is 0 Å². The first-order valence-electron chi connectivity index (χ1n) is 9.10. The molecule has 2 aliphatic rings. The van der Waals surface area contributed by atoms with E-state index < -0.39 is 5.60 Å². The Labute approximate surface area is 136 Å². The second-order valence-corrected chi connectivity index (χ2v) is 8.08. The number of rotatable bonds is 6. The van der Waals surface area contributed by atoms with Gasteiger partial charge in [0.15, 0.2) is 0 Å². The van der Waals surface area contributed by atoms with Gasteiger partial charge in [0.05, 0.1) is 0 Å². The molecule has 0 aromatic carbocycles. The number of carbonyl (C=O) groups is 1. The SMILES string of the molecule is CC1CCCCC1NCCCN(C(=O)OC(C)(C)C)C1CC1. The van der Waals surface area contributed by atoms with Crippen molar-refractivity contribution in [2.45, 2.75) is 90.3 Å². The Kier molecular flexibility index (Phi) is 6.13. The maximum atomic E-state index is 12.3. The summed E-state index contributed by atoms with van der Waals surface area (Å²) in [5, 5.41) is 3.69. The molecule has 2 unspecified atom stereocenters. The van der Waals surface area contributed by atoms with E-state index >= 15 is 0 Å². The number of carbonyl (C=O) groups excluding carboxylic acids is 1. The molecule has 0 bridgehead atoms. The quantitative estimate of drug-likeness (QED) is 0.755. The molecule has 2 fully saturated rings. The molecule has 22 heavy (non-hydrogen) atoms. The molecule has 0 heterocycles. The van der Waals surface area contributed by atoms with Crippen LogP contribution in [0.25, 0.3) is 0 Å².